The Labute approximate surface area is 104 Å². The molecular weight excluding hydrogens is 232 g/mol. The summed E-state index contributed by atoms with van der Waals surface area (Å²) >= 11 is 0. The second-order valence-corrected chi connectivity index (χ2v) is 4.38. The molecule has 1 aliphatic rings. The summed E-state index contributed by atoms with van der Waals surface area (Å²) in [5, 5.41) is 0. The lowest BCUT2D eigenvalue weighted by atomic mass is 10.2. The van der Waals surface area contributed by atoms with E-state index in [0.717, 1.165) is 16.7 Å². The average Bonchev–Trinajstić information content (AvgIpc) is 2.93. The summed E-state index contributed by atoms with van der Waals surface area (Å²) in [7, 11) is 1.93. The molecule has 18 heavy (non-hydrogen) atoms. The number of fused-ring (bicyclic) bond motifs is 1. The third-order valence-electron chi connectivity index (χ3n) is 3.16. The third kappa shape index (κ3) is 1.62. The number of benzene rings is 1. The van der Waals surface area contributed by atoms with E-state index in [1.165, 1.54) is 0 Å². The monoisotopic (exact) mass is 246 g/mol. The summed E-state index contributed by atoms with van der Waals surface area (Å²) in [5.74, 6) is 0. The molecule has 6 nitrogen and oxygen atoms in total. The van der Waals surface area contributed by atoms with Crippen LogP contribution in [0, 0.1) is 0 Å². The Hall–Kier alpha value is -2.08. The summed E-state index contributed by atoms with van der Waals surface area (Å²) in [6, 6.07) is 5.72. The second kappa shape index (κ2) is 3.99. The number of hydrogen-bond acceptors (Lipinski definition) is 4. The van der Waals surface area contributed by atoms with Gasteiger partial charge < -0.3 is 15.0 Å². The minimum absolute atomic E-state index is 0.225. The van der Waals surface area contributed by atoms with Crippen LogP contribution in [0.15, 0.2) is 24.5 Å². The van der Waals surface area contributed by atoms with Crippen LogP contribution in [0.2, 0.25) is 0 Å². The van der Waals surface area contributed by atoms with Crippen LogP contribution >= 0.6 is 0 Å². The maximum Gasteiger partial charge on any atom is 0.414 e. The maximum absolute atomic E-state index is 11.7. The number of aromatic nitrogens is 2. The summed E-state index contributed by atoms with van der Waals surface area (Å²) < 4.78 is 7.07. The van der Waals surface area contributed by atoms with Crippen molar-refractivity contribution < 1.29 is 9.53 Å². The van der Waals surface area contributed by atoms with Gasteiger partial charge in [0.1, 0.15) is 6.10 Å². The van der Waals surface area contributed by atoms with Gasteiger partial charge in [0, 0.05) is 19.3 Å². The van der Waals surface area contributed by atoms with Gasteiger partial charge >= 0.3 is 6.09 Å². The molecule has 0 saturated carbocycles. The highest BCUT2D eigenvalue weighted by atomic mass is 16.6. The lowest BCUT2D eigenvalue weighted by Crippen LogP contribution is -2.27. The first-order valence-corrected chi connectivity index (χ1v) is 5.78. The van der Waals surface area contributed by atoms with Crippen molar-refractivity contribution in [1.29, 1.82) is 0 Å². The molecule has 1 amide bonds. The second-order valence-electron chi connectivity index (χ2n) is 4.38. The average molecular weight is 246 g/mol. The molecule has 1 aromatic carbocycles. The number of anilines is 1. The molecule has 1 unspecified atom stereocenters. The summed E-state index contributed by atoms with van der Waals surface area (Å²) in [4.78, 5) is 17.6. The topological polar surface area (TPSA) is 73.4 Å². The fraction of sp³-hybridized carbons (Fsp3) is 0.333. The largest absolute Gasteiger partial charge is 0.443 e. The predicted octanol–water partition coefficient (Wildman–Crippen LogP) is 0.857. The van der Waals surface area contributed by atoms with Crippen molar-refractivity contribution in [3.63, 3.8) is 0 Å². The van der Waals surface area contributed by atoms with E-state index in [4.69, 9.17) is 10.5 Å². The van der Waals surface area contributed by atoms with Crippen molar-refractivity contribution in [2.75, 3.05) is 18.0 Å². The van der Waals surface area contributed by atoms with E-state index in [0.29, 0.717) is 13.1 Å². The molecule has 3 rings (SSSR count). The van der Waals surface area contributed by atoms with Crippen molar-refractivity contribution in [1.82, 2.24) is 9.55 Å². The Morgan fingerprint density at radius 3 is 3.11 bits per heavy atom. The van der Waals surface area contributed by atoms with Crippen LogP contribution in [0.25, 0.3) is 11.0 Å². The van der Waals surface area contributed by atoms with E-state index in [1.807, 2.05) is 29.8 Å². The first-order chi connectivity index (χ1) is 8.69. The van der Waals surface area contributed by atoms with Crippen molar-refractivity contribution in [3.05, 3.63) is 24.5 Å². The molecule has 2 N–H and O–H groups in total. The molecule has 0 radical (unpaired) electrons. The van der Waals surface area contributed by atoms with Gasteiger partial charge in [0.2, 0.25) is 0 Å². The normalized spacial score (nSPS) is 19.6. The molecule has 1 aromatic heterocycles. The Morgan fingerprint density at radius 2 is 2.39 bits per heavy atom. The number of nitrogens with zero attached hydrogens (tertiary/aromatic N) is 3. The van der Waals surface area contributed by atoms with Crippen LogP contribution in [-0.2, 0) is 11.8 Å². The molecule has 0 spiro atoms. The van der Waals surface area contributed by atoms with Crippen LogP contribution in [0.3, 0.4) is 0 Å². The number of aryl methyl sites for hydroxylation is 1. The van der Waals surface area contributed by atoms with E-state index in [2.05, 4.69) is 4.98 Å². The fourth-order valence-corrected chi connectivity index (χ4v) is 2.15. The number of cyclic esters (lactones) is 1. The zero-order valence-electron chi connectivity index (χ0n) is 10.0. The van der Waals surface area contributed by atoms with E-state index >= 15 is 0 Å². The standard InChI is InChI=1S/C12H14N4O2/c1-15-7-14-10-4-8(2-3-11(10)15)16-6-9(5-13)18-12(16)17/h2-4,7,9H,5-6,13H2,1H3. The molecule has 0 bridgehead atoms. The minimum Gasteiger partial charge on any atom is -0.443 e. The molecular formula is C12H14N4O2. The van der Waals surface area contributed by atoms with Gasteiger partial charge in [-0.2, -0.15) is 0 Å². The molecule has 1 atom stereocenters. The van der Waals surface area contributed by atoms with Crippen molar-refractivity contribution in [2.45, 2.75) is 6.10 Å². The van der Waals surface area contributed by atoms with Gasteiger partial charge in [0.15, 0.2) is 0 Å². The molecule has 1 aliphatic heterocycles. The van der Waals surface area contributed by atoms with E-state index < -0.39 is 0 Å². The zero-order chi connectivity index (χ0) is 12.7. The van der Waals surface area contributed by atoms with E-state index in [9.17, 15) is 4.79 Å². The van der Waals surface area contributed by atoms with Gasteiger partial charge in [-0.05, 0) is 18.2 Å². The van der Waals surface area contributed by atoms with Crippen molar-refractivity contribution >= 4 is 22.8 Å². The van der Waals surface area contributed by atoms with Crippen LogP contribution < -0.4 is 10.6 Å². The highest BCUT2D eigenvalue weighted by Gasteiger charge is 2.31. The van der Waals surface area contributed by atoms with Crippen molar-refractivity contribution in [3.8, 4) is 0 Å². The number of carbonyl (C=O) groups is 1. The van der Waals surface area contributed by atoms with E-state index in [-0.39, 0.29) is 12.2 Å². The molecule has 94 valence electrons. The summed E-state index contributed by atoms with van der Waals surface area (Å²) in [6.07, 6.45) is 1.18. The number of carbonyl (C=O) groups excluding carboxylic acids is 1. The lowest BCUT2D eigenvalue weighted by molar-refractivity contribution is 0.145. The van der Waals surface area contributed by atoms with Gasteiger partial charge in [-0.3, -0.25) is 4.90 Å². The Balaban J connectivity index is 1.97. The summed E-state index contributed by atoms with van der Waals surface area (Å²) in [5.41, 5.74) is 8.19. The molecule has 6 heteroatoms. The zero-order valence-corrected chi connectivity index (χ0v) is 10.0. The van der Waals surface area contributed by atoms with Gasteiger partial charge in [0.25, 0.3) is 0 Å². The Kier molecular flexibility index (Phi) is 2.45. The van der Waals surface area contributed by atoms with E-state index in [1.54, 1.807) is 11.2 Å². The number of ether oxygens (including phenoxy) is 1. The SMILES string of the molecule is Cn1cnc2cc(N3CC(CN)OC3=O)ccc21. The quantitative estimate of drug-likeness (QED) is 0.852. The van der Waals surface area contributed by atoms with Crippen molar-refractivity contribution in [2.24, 2.45) is 12.8 Å². The Morgan fingerprint density at radius 1 is 1.56 bits per heavy atom. The highest BCUT2D eigenvalue weighted by Crippen LogP contribution is 2.24. The maximum atomic E-state index is 11.7. The van der Waals surface area contributed by atoms with Crippen LogP contribution in [-0.4, -0.2) is 34.8 Å². The number of imidazole rings is 1. The smallest absolute Gasteiger partial charge is 0.414 e. The fourth-order valence-electron chi connectivity index (χ4n) is 2.15. The molecule has 2 heterocycles. The Bertz CT molecular complexity index is 607. The third-order valence-corrected chi connectivity index (χ3v) is 3.16. The lowest BCUT2D eigenvalue weighted by Gasteiger charge is -2.12. The number of amides is 1. The molecule has 1 fully saturated rings. The number of nitrogens with two attached hydrogens (primary N) is 1. The highest BCUT2D eigenvalue weighted by molar-refractivity contribution is 5.92. The minimum atomic E-state index is -0.347. The van der Waals surface area contributed by atoms with Crippen LogP contribution in [0.4, 0.5) is 10.5 Å². The number of hydrogen-bond donors (Lipinski definition) is 1. The molecule has 2 aromatic rings. The van der Waals surface area contributed by atoms with Crippen LogP contribution in [0.5, 0.6) is 0 Å². The van der Waals surface area contributed by atoms with Gasteiger partial charge in [0.05, 0.1) is 23.9 Å². The van der Waals surface area contributed by atoms with Gasteiger partial charge in [-0.25, -0.2) is 9.78 Å². The van der Waals surface area contributed by atoms with Gasteiger partial charge in [-0.15, -0.1) is 0 Å². The first kappa shape index (κ1) is 11.0. The van der Waals surface area contributed by atoms with Crippen LogP contribution in [0.1, 0.15) is 0 Å². The molecule has 0 aliphatic carbocycles. The predicted molar refractivity (Wildman–Crippen MR) is 67.4 cm³/mol. The van der Waals surface area contributed by atoms with Gasteiger partial charge in [-0.1, -0.05) is 0 Å². The molecule has 1 saturated heterocycles. The number of rotatable bonds is 2. The summed E-state index contributed by atoms with van der Waals surface area (Å²) in [6.45, 7) is 0.835. The first-order valence-electron chi connectivity index (χ1n) is 5.78.